The molecule has 2 aliphatic carbocycles. The number of rotatable bonds is 6. The van der Waals surface area contributed by atoms with Crippen LogP contribution in [0, 0.1) is 5.92 Å². The Balaban J connectivity index is 1.22. The molecule has 2 atom stereocenters. The number of carbonyl (C=O) groups is 1. The Kier molecular flexibility index (Phi) is 5.31. The third-order valence-electron chi connectivity index (χ3n) is 5.73. The first-order chi connectivity index (χ1) is 15.3. The first-order valence-electron chi connectivity index (χ1n) is 10.7. The van der Waals surface area contributed by atoms with Crippen LogP contribution in [0.3, 0.4) is 0 Å². The molecule has 5 nitrogen and oxygen atoms in total. The summed E-state index contributed by atoms with van der Waals surface area (Å²) >= 11 is 0. The van der Waals surface area contributed by atoms with Gasteiger partial charge in [0.1, 0.15) is 6.33 Å². The second-order valence-corrected chi connectivity index (χ2v) is 7.98. The van der Waals surface area contributed by atoms with Gasteiger partial charge in [-0.3, -0.25) is 4.79 Å². The first-order valence-corrected chi connectivity index (χ1v) is 10.7. The van der Waals surface area contributed by atoms with Gasteiger partial charge in [-0.1, -0.05) is 36.4 Å². The lowest BCUT2D eigenvalue weighted by atomic mass is 10.0. The number of hydrogen-bond acceptors (Lipinski definition) is 4. The number of aromatic nitrogens is 2. The zero-order valence-corrected chi connectivity index (χ0v) is 17.2. The molecule has 2 aromatic carbocycles. The minimum absolute atomic E-state index is 0.0179. The van der Waals surface area contributed by atoms with E-state index in [4.69, 9.17) is 0 Å². The molecule has 0 bridgehead atoms. The molecule has 2 unspecified atom stereocenters. The second kappa shape index (κ2) is 8.56. The SMILES string of the molecule is O=C(NC1CC1C1=CCCC=C1)c1cccc(Nc2ccc(-c3ccncn3)cc2)c1. The highest BCUT2D eigenvalue weighted by Crippen LogP contribution is 2.39. The van der Waals surface area contributed by atoms with Crippen molar-refractivity contribution in [3.63, 3.8) is 0 Å². The molecule has 1 aromatic heterocycles. The molecule has 1 saturated carbocycles. The number of nitrogens with one attached hydrogen (secondary N) is 2. The van der Waals surface area contributed by atoms with Crippen LogP contribution < -0.4 is 10.6 Å². The number of hydrogen-bond donors (Lipinski definition) is 2. The van der Waals surface area contributed by atoms with Gasteiger partial charge in [-0.2, -0.15) is 0 Å². The lowest BCUT2D eigenvalue weighted by Crippen LogP contribution is -2.27. The molecule has 3 aromatic rings. The van der Waals surface area contributed by atoms with Crippen molar-refractivity contribution in [2.75, 3.05) is 5.32 Å². The van der Waals surface area contributed by atoms with E-state index in [1.165, 1.54) is 5.57 Å². The largest absolute Gasteiger partial charge is 0.356 e. The summed E-state index contributed by atoms with van der Waals surface area (Å²) in [6.45, 7) is 0. The van der Waals surface area contributed by atoms with E-state index < -0.39 is 0 Å². The van der Waals surface area contributed by atoms with Crippen LogP contribution in [0.25, 0.3) is 11.3 Å². The van der Waals surface area contributed by atoms with E-state index in [1.807, 2.05) is 54.6 Å². The van der Waals surface area contributed by atoms with E-state index in [0.717, 1.165) is 41.9 Å². The Labute approximate surface area is 182 Å². The lowest BCUT2D eigenvalue weighted by Gasteiger charge is -2.10. The van der Waals surface area contributed by atoms with Crippen LogP contribution >= 0.6 is 0 Å². The van der Waals surface area contributed by atoms with Gasteiger partial charge >= 0.3 is 0 Å². The zero-order valence-electron chi connectivity index (χ0n) is 17.2. The van der Waals surface area contributed by atoms with Crippen molar-refractivity contribution >= 4 is 17.3 Å². The van der Waals surface area contributed by atoms with Crippen molar-refractivity contribution in [3.8, 4) is 11.3 Å². The van der Waals surface area contributed by atoms with E-state index in [9.17, 15) is 4.79 Å². The molecule has 5 heteroatoms. The van der Waals surface area contributed by atoms with Crippen LogP contribution in [-0.2, 0) is 0 Å². The number of amides is 1. The van der Waals surface area contributed by atoms with Crippen molar-refractivity contribution in [2.24, 2.45) is 5.92 Å². The maximum absolute atomic E-state index is 12.7. The fraction of sp³-hybridized carbons (Fsp3) is 0.192. The number of anilines is 2. The Morgan fingerprint density at radius 1 is 1.00 bits per heavy atom. The smallest absolute Gasteiger partial charge is 0.251 e. The van der Waals surface area contributed by atoms with E-state index in [1.54, 1.807) is 12.5 Å². The highest BCUT2D eigenvalue weighted by molar-refractivity contribution is 5.95. The van der Waals surface area contributed by atoms with E-state index in [-0.39, 0.29) is 11.9 Å². The fourth-order valence-electron chi connectivity index (χ4n) is 3.97. The van der Waals surface area contributed by atoms with E-state index in [2.05, 4.69) is 38.8 Å². The Morgan fingerprint density at radius 3 is 2.68 bits per heavy atom. The summed E-state index contributed by atoms with van der Waals surface area (Å²) in [5.74, 6) is 0.450. The molecule has 5 rings (SSSR count). The fourth-order valence-corrected chi connectivity index (χ4v) is 3.97. The first kappa shape index (κ1) is 19.2. The molecule has 1 heterocycles. The molecular weight excluding hydrogens is 384 g/mol. The Bertz CT molecular complexity index is 1140. The van der Waals surface area contributed by atoms with Crippen molar-refractivity contribution in [3.05, 3.63) is 96.5 Å². The standard InChI is InChI=1S/C26H24N4O/c31-26(30-25-16-23(25)18-5-2-1-3-6-18)20-7-4-8-22(15-20)29-21-11-9-19(10-12-21)24-13-14-27-17-28-24/h2,4-15,17,23,25,29H,1,3,16H2,(H,30,31). The zero-order chi connectivity index (χ0) is 21.0. The minimum Gasteiger partial charge on any atom is -0.356 e. The highest BCUT2D eigenvalue weighted by Gasteiger charge is 2.40. The number of carbonyl (C=O) groups excluding carboxylic acids is 1. The van der Waals surface area contributed by atoms with Crippen LogP contribution in [0.2, 0.25) is 0 Å². The molecule has 31 heavy (non-hydrogen) atoms. The van der Waals surface area contributed by atoms with Crippen LogP contribution in [0.4, 0.5) is 11.4 Å². The summed E-state index contributed by atoms with van der Waals surface area (Å²) < 4.78 is 0. The normalized spacial score (nSPS) is 19.4. The van der Waals surface area contributed by atoms with E-state index >= 15 is 0 Å². The van der Waals surface area contributed by atoms with Crippen molar-refractivity contribution < 1.29 is 4.79 Å². The number of allylic oxidation sites excluding steroid dienone is 3. The maximum atomic E-state index is 12.7. The monoisotopic (exact) mass is 408 g/mol. The molecule has 0 aliphatic heterocycles. The third-order valence-corrected chi connectivity index (χ3v) is 5.73. The maximum Gasteiger partial charge on any atom is 0.251 e. The molecule has 0 radical (unpaired) electrons. The van der Waals surface area contributed by atoms with Gasteiger partial charge in [0.2, 0.25) is 0 Å². The molecule has 2 aliphatic rings. The molecule has 0 saturated heterocycles. The van der Waals surface area contributed by atoms with Gasteiger partial charge in [0, 0.05) is 40.7 Å². The Morgan fingerprint density at radius 2 is 1.90 bits per heavy atom. The van der Waals surface area contributed by atoms with Gasteiger partial charge in [0.05, 0.1) is 5.69 Å². The average Bonchev–Trinajstić information content (AvgIpc) is 3.60. The average molecular weight is 409 g/mol. The van der Waals surface area contributed by atoms with Gasteiger partial charge in [-0.15, -0.1) is 0 Å². The number of nitrogens with zero attached hydrogens (tertiary/aromatic N) is 2. The summed E-state index contributed by atoms with van der Waals surface area (Å²) in [6, 6.07) is 17.8. The molecule has 154 valence electrons. The predicted octanol–water partition coefficient (Wildman–Crippen LogP) is 5.28. The second-order valence-electron chi connectivity index (χ2n) is 7.98. The van der Waals surface area contributed by atoms with Gasteiger partial charge in [0.15, 0.2) is 0 Å². The van der Waals surface area contributed by atoms with Crippen molar-refractivity contribution in [1.82, 2.24) is 15.3 Å². The topological polar surface area (TPSA) is 66.9 Å². The van der Waals surface area contributed by atoms with Gasteiger partial charge in [-0.05, 0) is 61.2 Å². The quantitative estimate of drug-likeness (QED) is 0.582. The van der Waals surface area contributed by atoms with Crippen LogP contribution in [0.15, 0.2) is 90.9 Å². The molecule has 1 fully saturated rings. The van der Waals surface area contributed by atoms with Crippen molar-refractivity contribution in [1.29, 1.82) is 0 Å². The van der Waals surface area contributed by atoms with Crippen LogP contribution in [0.5, 0.6) is 0 Å². The number of benzene rings is 2. The van der Waals surface area contributed by atoms with Crippen molar-refractivity contribution in [2.45, 2.75) is 25.3 Å². The van der Waals surface area contributed by atoms with Crippen LogP contribution in [-0.4, -0.2) is 21.9 Å². The molecule has 2 N–H and O–H groups in total. The molecule has 0 spiro atoms. The van der Waals surface area contributed by atoms with Crippen LogP contribution in [0.1, 0.15) is 29.6 Å². The third kappa shape index (κ3) is 4.56. The molecular formula is C26H24N4O. The van der Waals surface area contributed by atoms with Gasteiger partial charge in [0.25, 0.3) is 5.91 Å². The summed E-state index contributed by atoms with van der Waals surface area (Å²) in [5, 5.41) is 6.56. The molecule has 1 amide bonds. The van der Waals surface area contributed by atoms with E-state index in [0.29, 0.717) is 11.5 Å². The summed E-state index contributed by atoms with van der Waals surface area (Å²) in [7, 11) is 0. The Hall–Kier alpha value is -3.73. The highest BCUT2D eigenvalue weighted by atomic mass is 16.1. The summed E-state index contributed by atoms with van der Waals surface area (Å²) in [6.07, 6.45) is 13.3. The lowest BCUT2D eigenvalue weighted by molar-refractivity contribution is 0.0950. The van der Waals surface area contributed by atoms with Gasteiger partial charge < -0.3 is 10.6 Å². The minimum atomic E-state index is -0.0179. The predicted molar refractivity (Wildman–Crippen MR) is 123 cm³/mol. The summed E-state index contributed by atoms with van der Waals surface area (Å²) in [5.41, 5.74) is 5.79. The van der Waals surface area contributed by atoms with Gasteiger partial charge in [-0.25, -0.2) is 9.97 Å². The summed E-state index contributed by atoms with van der Waals surface area (Å²) in [4.78, 5) is 21.0.